The van der Waals surface area contributed by atoms with Crippen molar-refractivity contribution >= 4 is 19.1 Å². The highest BCUT2D eigenvalue weighted by Crippen LogP contribution is 2.41. The third kappa shape index (κ3) is 11.8. The third-order valence-electron chi connectivity index (χ3n) is 10.3. The van der Waals surface area contributed by atoms with Gasteiger partial charge in [-0.25, -0.2) is 0 Å². The molecule has 0 aromatic carbocycles. The fourth-order valence-corrected chi connectivity index (χ4v) is 8.53. The molecule has 0 spiro atoms. The first-order chi connectivity index (χ1) is 20.9. The molecule has 4 rings (SSSR count). The van der Waals surface area contributed by atoms with Crippen LogP contribution in [-0.2, 0) is 9.09 Å². The Morgan fingerprint density at radius 1 is 0.953 bits per heavy atom. The van der Waals surface area contributed by atoms with Crippen LogP contribution in [0.2, 0.25) is 0 Å². The lowest BCUT2D eigenvalue weighted by molar-refractivity contribution is 0.182. The van der Waals surface area contributed by atoms with Crippen molar-refractivity contribution in [3.8, 4) is 0 Å². The highest BCUT2D eigenvalue weighted by Gasteiger charge is 2.33. The molecule has 2 aliphatic carbocycles. The van der Waals surface area contributed by atoms with Crippen LogP contribution < -0.4 is 16.0 Å². The molecule has 0 radical (unpaired) electrons. The number of nitrogens with zero attached hydrogens (tertiary/aromatic N) is 3. The second-order valence-corrected chi connectivity index (χ2v) is 15.4. The zero-order valence-corrected chi connectivity index (χ0v) is 28.1. The Kier molecular flexibility index (Phi) is 14.9. The van der Waals surface area contributed by atoms with E-state index in [0.29, 0.717) is 18.9 Å². The quantitative estimate of drug-likeness (QED) is 0.127. The van der Waals surface area contributed by atoms with Crippen molar-refractivity contribution in [1.82, 2.24) is 25.8 Å². The monoisotopic (exact) mass is 623 g/mol. The first-order valence-corrected chi connectivity index (χ1v) is 19.4. The van der Waals surface area contributed by atoms with E-state index < -0.39 is 7.60 Å². The van der Waals surface area contributed by atoms with Gasteiger partial charge in [0.2, 0.25) is 0 Å². The van der Waals surface area contributed by atoms with E-state index in [0.717, 1.165) is 82.3 Å². The minimum atomic E-state index is -3.49. The molecule has 0 bridgehead atoms. The van der Waals surface area contributed by atoms with E-state index in [9.17, 15) is 9.46 Å². The predicted molar refractivity (Wildman–Crippen MR) is 177 cm³/mol. The van der Waals surface area contributed by atoms with Crippen LogP contribution in [-0.4, -0.2) is 110 Å². The molecule has 10 nitrogen and oxygen atoms in total. The first-order valence-electron chi connectivity index (χ1n) is 17.6. The maximum Gasteiger partial charge on any atom is 0.329 e. The minimum Gasteiger partial charge on any atom is -0.357 e. The topological polar surface area (TPSA) is 125 Å². The van der Waals surface area contributed by atoms with Gasteiger partial charge in [0.25, 0.3) is 0 Å². The second kappa shape index (κ2) is 18.3. The zero-order valence-electron chi connectivity index (χ0n) is 27.2. The molecule has 4 aliphatic rings. The van der Waals surface area contributed by atoms with Crippen molar-refractivity contribution in [1.29, 1.82) is 5.41 Å². The average Bonchev–Trinajstić information content (AvgIpc) is 3.02. The summed E-state index contributed by atoms with van der Waals surface area (Å²) in [5.41, 5.74) is 0.800. The van der Waals surface area contributed by atoms with Gasteiger partial charge in [-0.05, 0) is 96.3 Å². The summed E-state index contributed by atoms with van der Waals surface area (Å²) in [6, 6.07) is 0.769. The van der Waals surface area contributed by atoms with Crippen molar-refractivity contribution in [2.24, 2.45) is 22.7 Å². The van der Waals surface area contributed by atoms with E-state index in [1.54, 1.807) is 6.92 Å². The van der Waals surface area contributed by atoms with Crippen molar-refractivity contribution in [3.05, 3.63) is 0 Å². The lowest BCUT2D eigenvalue weighted by Crippen LogP contribution is -2.53. The molecule has 1 saturated heterocycles. The molecular formula is C32H62N7O3P. The number of aliphatic imine (C=N–C) groups is 1. The van der Waals surface area contributed by atoms with Gasteiger partial charge < -0.3 is 30.4 Å². The van der Waals surface area contributed by atoms with E-state index in [1.807, 2.05) is 0 Å². The molecule has 11 heteroatoms. The molecule has 0 aromatic rings. The Balaban J connectivity index is 1.13. The molecule has 43 heavy (non-hydrogen) atoms. The van der Waals surface area contributed by atoms with E-state index >= 15 is 0 Å². The van der Waals surface area contributed by atoms with Gasteiger partial charge in [-0.2, -0.15) is 0 Å². The highest BCUT2D eigenvalue weighted by molar-refractivity contribution is 7.52. The number of rotatable bonds is 16. The molecule has 2 saturated carbocycles. The molecule has 248 valence electrons. The molecule has 2 heterocycles. The van der Waals surface area contributed by atoms with Crippen LogP contribution in [0.4, 0.5) is 0 Å². The smallest absolute Gasteiger partial charge is 0.329 e. The zero-order chi connectivity index (χ0) is 30.5. The maximum atomic E-state index is 12.0. The number of hydrogen-bond donors (Lipinski definition) is 5. The van der Waals surface area contributed by atoms with Crippen molar-refractivity contribution in [2.45, 2.75) is 103 Å². The summed E-state index contributed by atoms with van der Waals surface area (Å²) < 4.78 is 17.1. The Morgan fingerprint density at radius 3 is 2.33 bits per heavy atom. The average molecular weight is 624 g/mol. The van der Waals surface area contributed by atoms with E-state index in [-0.39, 0.29) is 24.9 Å². The molecule has 0 aromatic heterocycles. The SMILES string of the molecule is CCOP(=O)(O)CCN1CCN(C2=NC(NCC3CCC(CNCCCNC4CCCCC4)CC3)C(CC)C(=N)C2)CC1. The summed E-state index contributed by atoms with van der Waals surface area (Å²) >= 11 is 0. The molecule has 5 N–H and O–H groups in total. The third-order valence-corrected chi connectivity index (χ3v) is 11.7. The fraction of sp³-hybridized carbons (Fsp3) is 0.938. The summed E-state index contributed by atoms with van der Waals surface area (Å²) in [6.07, 6.45) is 15.1. The van der Waals surface area contributed by atoms with Crippen LogP contribution in [0, 0.1) is 23.2 Å². The van der Waals surface area contributed by atoms with Gasteiger partial charge in [-0.15, -0.1) is 0 Å². The molecular weight excluding hydrogens is 561 g/mol. The van der Waals surface area contributed by atoms with Crippen molar-refractivity contribution in [2.75, 3.05) is 71.7 Å². The van der Waals surface area contributed by atoms with E-state index in [1.165, 1.54) is 64.2 Å². The Bertz CT molecular complexity index is 899. The summed E-state index contributed by atoms with van der Waals surface area (Å²) in [6.45, 7) is 12.5. The van der Waals surface area contributed by atoms with Gasteiger partial charge in [0.15, 0.2) is 0 Å². The maximum absolute atomic E-state index is 12.0. The molecule has 3 unspecified atom stereocenters. The van der Waals surface area contributed by atoms with Gasteiger partial charge in [0, 0.05) is 56.8 Å². The van der Waals surface area contributed by atoms with Gasteiger partial charge in [0.1, 0.15) is 12.0 Å². The lowest BCUT2D eigenvalue weighted by Gasteiger charge is -2.40. The van der Waals surface area contributed by atoms with Crippen LogP contribution in [0.3, 0.4) is 0 Å². The summed E-state index contributed by atoms with van der Waals surface area (Å²) in [5.74, 6) is 2.72. The minimum absolute atomic E-state index is 0.00708. The Labute approximate surface area is 261 Å². The fourth-order valence-electron chi connectivity index (χ4n) is 7.46. The molecule has 0 amide bonds. The van der Waals surface area contributed by atoms with Gasteiger partial charge >= 0.3 is 7.60 Å². The highest BCUT2D eigenvalue weighted by atomic mass is 31.2. The largest absolute Gasteiger partial charge is 0.357 e. The lowest BCUT2D eigenvalue weighted by atomic mass is 9.81. The standard InChI is InChI=1S/C32H62N7O3P/c1-3-29-30(33)23-31(39-19-17-38(18-20-39)21-22-43(40,41)42-4-2)37-32(29)36-25-27-13-11-26(12-14-27)24-34-15-8-16-35-28-9-6-5-7-10-28/h26-29,32-36H,3-25H2,1-2H3,(H,40,41). The molecule has 3 atom stereocenters. The van der Waals surface area contributed by atoms with Crippen LogP contribution in [0.25, 0.3) is 0 Å². The Morgan fingerprint density at radius 2 is 1.65 bits per heavy atom. The van der Waals surface area contributed by atoms with Crippen LogP contribution >= 0.6 is 7.60 Å². The normalized spacial score (nSPS) is 29.4. The summed E-state index contributed by atoms with van der Waals surface area (Å²) in [4.78, 5) is 19.7. The van der Waals surface area contributed by atoms with Crippen LogP contribution in [0.5, 0.6) is 0 Å². The Hall–Kier alpha value is -0.870. The second-order valence-electron chi connectivity index (χ2n) is 13.5. The van der Waals surface area contributed by atoms with Gasteiger partial charge in [-0.1, -0.05) is 26.2 Å². The molecule has 3 fully saturated rings. The van der Waals surface area contributed by atoms with Gasteiger partial charge in [0.05, 0.1) is 12.8 Å². The van der Waals surface area contributed by atoms with E-state index in [4.69, 9.17) is 14.9 Å². The predicted octanol–water partition coefficient (Wildman–Crippen LogP) is 4.30. The number of piperazine rings is 1. The molecule has 2 aliphatic heterocycles. The summed E-state index contributed by atoms with van der Waals surface area (Å²) in [5, 5.41) is 20.1. The van der Waals surface area contributed by atoms with Gasteiger partial charge in [-0.3, -0.25) is 19.8 Å². The first kappa shape index (κ1) is 35.0. The van der Waals surface area contributed by atoms with Crippen LogP contribution in [0.15, 0.2) is 4.99 Å². The van der Waals surface area contributed by atoms with Crippen LogP contribution in [0.1, 0.15) is 90.9 Å². The van der Waals surface area contributed by atoms with E-state index in [2.05, 4.69) is 32.7 Å². The van der Waals surface area contributed by atoms with Crippen molar-refractivity contribution < 1.29 is 14.0 Å². The van der Waals surface area contributed by atoms with Crippen molar-refractivity contribution in [3.63, 3.8) is 0 Å². The number of nitrogens with one attached hydrogen (secondary N) is 4. The number of hydrogen-bond acceptors (Lipinski definition) is 9. The summed E-state index contributed by atoms with van der Waals surface area (Å²) in [7, 11) is -3.49. The number of amidine groups is 1.